The van der Waals surface area contributed by atoms with Gasteiger partial charge in [-0.3, -0.25) is 9.69 Å². The van der Waals surface area contributed by atoms with Crippen molar-refractivity contribution in [2.45, 2.75) is 26.3 Å². The van der Waals surface area contributed by atoms with Crippen LogP contribution in [0.2, 0.25) is 4.34 Å². The van der Waals surface area contributed by atoms with Crippen LogP contribution in [0.1, 0.15) is 40.6 Å². The molecule has 0 unspecified atom stereocenters. The third-order valence-electron chi connectivity index (χ3n) is 3.37. The number of carbonyl (C=O) groups excluding carboxylic acids is 1. The highest BCUT2D eigenvalue weighted by molar-refractivity contribution is 7.16. The minimum atomic E-state index is 0.149. The highest BCUT2D eigenvalue weighted by Gasteiger charge is 2.11. The summed E-state index contributed by atoms with van der Waals surface area (Å²) in [6, 6.07) is 11.8. The van der Waals surface area contributed by atoms with Gasteiger partial charge in [0, 0.05) is 17.0 Å². The first-order chi connectivity index (χ1) is 9.95. The highest BCUT2D eigenvalue weighted by atomic mass is 35.5. The van der Waals surface area contributed by atoms with Crippen molar-refractivity contribution in [1.82, 2.24) is 4.90 Å². The van der Waals surface area contributed by atoms with Crippen LogP contribution in [0.4, 0.5) is 0 Å². The van der Waals surface area contributed by atoms with Crippen LogP contribution in [0.5, 0.6) is 0 Å². The first-order valence-electron chi connectivity index (χ1n) is 7.01. The second-order valence-electron chi connectivity index (χ2n) is 5.58. The Morgan fingerprint density at radius 2 is 1.86 bits per heavy atom. The summed E-state index contributed by atoms with van der Waals surface area (Å²) in [5, 5.41) is 0. The van der Waals surface area contributed by atoms with Crippen LogP contribution in [0, 0.1) is 0 Å². The molecule has 1 aromatic heterocycles. The van der Waals surface area contributed by atoms with Gasteiger partial charge in [0.25, 0.3) is 0 Å². The van der Waals surface area contributed by atoms with Gasteiger partial charge in [-0.15, -0.1) is 11.3 Å². The zero-order valence-electron chi connectivity index (χ0n) is 12.6. The molecule has 0 spiro atoms. The first-order valence-corrected chi connectivity index (χ1v) is 8.21. The molecule has 1 heterocycles. The Labute approximate surface area is 135 Å². The van der Waals surface area contributed by atoms with Crippen molar-refractivity contribution >= 4 is 28.7 Å². The minimum Gasteiger partial charge on any atom is -0.294 e. The Morgan fingerprint density at radius 3 is 2.38 bits per heavy atom. The van der Waals surface area contributed by atoms with Gasteiger partial charge in [0.1, 0.15) is 0 Å². The number of benzene rings is 1. The molecule has 0 atom stereocenters. The van der Waals surface area contributed by atoms with E-state index in [1.165, 1.54) is 10.4 Å². The van der Waals surface area contributed by atoms with Gasteiger partial charge in [0.2, 0.25) is 0 Å². The maximum absolute atomic E-state index is 12.3. The molecule has 0 fully saturated rings. The van der Waals surface area contributed by atoms with Crippen molar-refractivity contribution in [3.63, 3.8) is 0 Å². The van der Waals surface area contributed by atoms with E-state index in [4.69, 9.17) is 11.6 Å². The summed E-state index contributed by atoms with van der Waals surface area (Å²) in [6.45, 7) is 5.46. The van der Waals surface area contributed by atoms with E-state index in [1.54, 1.807) is 11.3 Å². The molecule has 21 heavy (non-hydrogen) atoms. The van der Waals surface area contributed by atoms with Crippen molar-refractivity contribution < 1.29 is 4.79 Å². The van der Waals surface area contributed by atoms with E-state index < -0.39 is 0 Å². The number of carbonyl (C=O) groups is 1. The second kappa shape index (κ2) is 7.21. The number of likely N-dealkylation sites (N-methyl/N-ethyl adjacent to an activating group) is 1. The Kier molecular flexibility index (Phi) is 5.57. The third kappa shape index (κ3) is 4.67. The molecule has 0 saturated heterocycles. The first kappa shape index (κ1) is 16.2. The quantitative estimate of drug-likeness (QED) is 0.709. The molecule has 0 amide bonds. The predicted molar refractivity (Wildman–Crippen MR) is 90.5 cm³/mol. The van der Waals surface area contributed by atoms with Crippen LogP contribution in [0.3, 0.4) is 0 Å². The molecule has 2 aromatic rings. The fourth-order valence-electron chi connectivity index (χ4n) is 2.15. The second-order valence-corrected chi connectivity index (χ2v) is 7.38. The number of hydrogen-bond donors (Lipinski definition) is 0. The molecular formula is C17H20ClNOS. The van der Waals surface area contributed by atoms with Crippen LogP contribution in [-0.4, -0.2) is 24.3 Å². The van der Waals surface area contributed by atoms with Gasteiger partial charge in [-0.1, -0.05) is 49.7 Å². The van der Waals surface area contributed by atoms with E-state index in [-0.39, 0.29) is 5.78 Å². The lowest BCUT2D eigenvalue weighted by molar-refractivity contribution is 0.0943. The largest absolute Gasteiger partial charge is 0.294 e. The van der Waals surface area contributed by atoms with Gasteiger partial charge >= 0.3 is 0 Å². The fraction of sp³-hybridized carbons (Fsp3) is 0.353. The molecule has 2 rings (SSSR count). The van der Waals surface area contributed by atoms with Crippen molar-refractivity contribution in [3.05, 3.63) is 56.7 Å². The lowest BCUT2D eigenvalue weighted by atomic mass is 10.0. The van der Waals surface area contributed by atoms with E-state index in [9.17, 15) is 4.79 Å². The van der Waals surface area contributed by atoms with Gasteiger partial charge in [-0.05, 0) is 30.7 Å². The van der Waals surface area contributed by atoms with Crippen molar-refractivity contribution in [1.29, 1.82) is 0 Å². The van der Waals surface area contributed by atoms with E-state index in [2.05, 4.69) is 13.8 Å². The molecule has 0 aliphatic carbocycles. The molecular weight excluding hydrogens is 302 g/mol. The predicted octanol–water partition coefficient (Wildman–Crippen LogP) is 4.84. The average Bonchev–Trinajstić information content (AvgIpc) is 2.83. The fourth-order valence-corrected chi connectivity index (χ4v) is 3.32. The number of ketones is 1. The number of hydrogen-bond acceptors (Lipinski definition) is 3. The number of thiophene rings is 1. The van der Waals surface area contributed by atoms with Gasteiger partial charge in [-0.2, -0.15) is 0 Å². The monoisotopic (exact) mass is 321 g/mol. The van der Waals surface area contributed by atoms with Crippen molar-refractivity contribution in [2.75, 3.05) is 13.6 Å². The summed E-state index contributed by atoms with van der Waals surface area (Å²) in [4.78, 5) is 15.5. The zero-order valence-corrected chi connectivity index (χ0v) is 14.2. The van der Waals surface area contributed by atoms with Crippen LogP contribution < -0.4 is 0 Å². The normalized spacial score (nSPS) is 11.3. The number of Topliss-reactive ketones (excluding diaryl/α,β-unsaturated/α-hetero) is 1. The maximum atomic E-state index is 12.3. The molecule has 112 valence electrons. The van der Waals surface area contributed by atoms with Gasteiger partial charge in [-0.25, -0.2) is 0 Å². The average molecular weight is 322 g/mol. The summed E-state index contributed by atoms with van der Waals surface area (Å²) < 4.78 is 0.786. The Balaban J connectivity index is 1.94. The molecule has 0 N–H and O–H groups in total. The standard InChI is InChI=1S/C17H20ClNOS/c1-12(2)13-4-6-14(7-5-13)16(20)11-19(3)10-15-8-9-17(18)21-15/h4-9,12H,10-11H2,1-3H3. The van der Waals surface area contributed by atoms with E-state index in [1.807, 2.05) is 48.3 Å². The summed E-state index contributed by atoms with van der Waals surface area (Å²) in [5.41, 5.74) is 2.03. The molecule has 0 bridgehead atoms. The lowest BCUT2D eigenvalue weighted by Crippen LogP contribution is -2.25. The Hall–Kier alpha value is -1.16. The number of rotatable bonds is 6. The summed E-state index contributed by atoms with van der Waals surface area (Å²) in [7, 11) is 1.95. The smallest absolute Gasteiger partial charge is 0.176 e. The SMILES string of the molecule is CC(C)c1ccc(C(=O)CN(C)Cc2ccc(Cl)s2)cc1. The van der Waals surface area contributed by atoms with E-state index in [0.29, 0.717) is 12.5 Å². The molecule has 4 heteroatoms. The minimum absolute atomic E-state index is 0.149. The molecule has 2 nitrogen and oxygen atoms in total. The maximum Gasteiger partial charge on any atom is 0.176 e. The molecule has 0 radical (unpaired) electrons. The van der Waals surface area contributed by atoms with Gasteiger partial charge < -0.3 is 0 Å². The van der Waals surface area contributed by atoms with Crippen LogP contribution in [0.15, 0.2) is 36.4 Å². The van der Waals surface area contributed by atoms with Crippen molar-refractivity contribution in [3.8, 4) is 0 Å². The number of halogens is 1. The van der Waals surface area contributed by atoms with Crippen LogP contribution in [0.25, 0.3) is 0 Å². The lowest BCUT2D eigenvalue weighted by Gasteiger charge is -2.15. The Morgan fingerprint density at radius 1 is 1.19 bits per heavy atom. The third-order valence-corrected chi connectivity index (χ3v) is 4.58. The summed E-state index contributed by atoms with van der Waals surface area (Å²) in [5.74, 6) is 0.635. The van der Waals surface area contributed by atoms with Crippen LogP contribution >= 0.6 is 22.9 Å². The van der Waals surface area contributed by atoms with Gasteiger partial charge in [0.15, 0.2) is 5.78 Å². The van der Waals surface area contributed by atoms with E-state index >= 15 is 0 Å². The van der Waals surface area contributed by atoms with Crippen LogP contribution in [-0.2, 0) is 6.54 Å². The highest BCUT2D eigenvalue weighted by Crippen LogP contribution is 2.22. The molecule has 0 saturated carbocycles. The summed E-state index contributed by atoms with van der Waals surface area (Å²) >= 11 is 7.48. The summed E-state index contributed by atoms with van der Waals surface area (Å²) in [6.07, 6.45) is 0. The van der Waals surface area contributed by atoms with E-state index in [0.717, 1.165) is 16.4 Å². The topological polar surface area (TPSA) is 20.3 Å². The van der Waals surface area contributed by atoms with Gasteiger partial charge in [0.05, 0.1) is 10.9 Å². The molecule has 1 aromatic carbocycles. The molecule has 0 aliphatic rings. The van der Waals surface area contributed by atoms with Crippen molar-refractivity contribution in [2.24, 2.45) is 0 Å². The number of nitrogens with zero attached hydrogens (tertiary/aromatic N) is 1. The zero-order chi connectivity index (χ0) is 15.4. The molecule has 0 aliphatic heterocycles. The Bertz CT molecular complexity index is 604.